The van der Waals surface area contributed by atoms with Crippen molar-refractivity contribution in [3.8, 4) is 0 Å². The maximum Gasteiger partial charge on any atom is 0.261 e. The fourth-order valence-electron chi connectivity index (χ4n) is 3.76. The van der Waals surface area contributed by atoms with Crippen molar-refractivity contribution in [1.82, 2.24) is 14.5 Å². The predicted octanol–water partition coefficient (Wildman–Crippen LogP) is 3.38. The number of rotatable bonds is 4. The van der Waals surface area contributed by atoms with Crippen molar-refractivity contribution in [2.75, 3.05) is 6.54 Å². The van der Waals surface area contributed by atoms with Gasteiger partial charge in [-0.25, -0.2) is 4.98 Å². The molecule has 5 nitrogen and oxygen atoms in total. The zero-order valence-corrected chi connectivity index (χ0v) is 15.5. The van der Waals surface area contributed by atoms with Gasteiger partial charge in [-0.1, -0.05) is 19.1 Å². The molecule has 0 fully saturated rings. The molecule has 0 N–H and O–H groups in total. The SMILES string of the molecule is CC[C@@H]1c2ccsc2CCN1C(=O)CCn1cnc2ccccc2c1=O. The van der Waals surface area contributed by atoms with E-state index < -0.39 is 0 Å². The Hall–Kier alpha value is -2.47. The summed E-state index contributed by atoms with van der Waals surface area (Å²) in [6, 6.07) is 9.60. The van der Waals surface area contributed by atoms with E-state index in [0.717, 1.165) is 19.4 Å². The predicted molar refractivity (Wildman–Crippen MR) is 103 cm³/mol. The van der Waals surface area contributed by atoms with Gasteiger partial charge in [0.2, 0.25) is 5.91 Å². The molecule has 1 aromatic carbocycles. The topological polar surface area (TPSA) is 55.2 Å². The quantitative estimate of drug-likeness (QED) is 0.710. The number of para-hydroxylation sites is 1. The van der Waals surface area contributed by atoms with E-state index in [9.17, 15) is 9.59 Å². The molecule has 3 heterocycles. The lowest BCUT2D eigenvalue weighted by Crippen LogP contribution is -2.40. The van der Waals surface area contributed by atoms with Gasteiger partial charge in [0.15, 0.2) is 0 Å². The summed E-state index contributed by atoms with van der Waals surface area (Å²) >= 11 is 1.78. The molecule has 0 radical (unpaired) electrons. The molecule has 0 spiro atoms. The third kappa shape index (κ3) is 2.94. The first-order valence-electron chi connectivity index (χ1n) is 8.99. The summed E-state index contributed by atoms with van der Waals surface area (Å²) < 4.78 is 1.54. The standard InChI is InChI=1S/C20H21N3O2S/c1-2-17-15-9-12-26-18(15)7-11-23(17)19(24)8-10-22-13-21-16-6-4-3-5-14(16)20(22)25/h3-6,9,12-13,17H,2,7-8,10-11H2,1H3/t17-/m1/s1. The van der Waals surface area contributed by atoms with Crippen LogP contribution in [-0.2, 0) is 17.8 Å². The number of hydrogen-bond acceptors (Lipinski definition) is 4. The van der Waals surface area contributed by atoms with Crippen LogP contribution in [0.1, 0.15) is 36.2 Å². The van der Waals surface area contributed by atoms with Crippen LogP contribution in [0.4, 0.5) is 0 Å². The van der Waals surface area contributed by atoms with Gasteiger partial charge in [-0.15, -0.1) is 11.3 Å². The maximum atomic E-state index is 12.8. The Morgan fingerprint density at radius 3 is 3.00 bits per heavy atom. The molecule has 134 valence electrons. The minimum atomic E-state index is -0.0887. The number of hydrogen-bond donors (Lipinski definition) is 0. The van der Waals surface area contributed by atoms with E-state index in [4.69, 9.17) is 0 Å². The Labute approximate surface area is 155 Å². The van der Waals surface area contributed by atoms with Gasteiger partial charge < -0.3 is 4.90 Å². The molecule has 2 aromatic heterocycles. The molecule has 0 saturated carbocycles. The minimum absolute atomic E-state index is 0.0887. The van der Waals surface area contributed by atoms with E-state index in [1.807, 2.05) is 23.1 Å². The Morgan fingerprint density at radius 2 is 2.15 bits per heavy atom. The molecule has 1 aliphatic heterocycles. The van der Waals surface area contributed by atoms with Gasteiger partial charge in [0.05, 0.1) is 23.3 Å². The lowest BCUT2D eigenvalue weighted by Gasteiger charge is -2.35. The first-order chi connectivity index (χ1) is 12.7. The van der Waals surface area contributed by atoms with E-state index in [0.29, 0.717) is 23.9 Å². The van der Waals surface area contributed by atoms with Gasteiger partial charge in [0.1, 0.15) is 0 Å². The Morgan fingerprint density at radius 1 is 1.31 bits per heavy atom. The van der Waals surface area contributed by atoms with Gasteiger partial charge in [-0.3, -0.25) is 14.2 Å². The van der Waals surface area contributed by atoms with Gasteiger partial charge in [0.25, 0.3) is 5.56 Å². The highest BCUT2D eigenvalue weighted by Gasteiger charge is 2.29. The third-order valence-corrected chi connectivity index (χ3v) is 6.10. The molecule has 4 rings (SSSR count). The summed E-state index contributed by atoms with van der Waals surface area (Å²) in [6.45, 7) is 3.24. The molecule has 1 amide bonds. The second-order valence-corrected chi connectivity index (χ2v) is 7.57. The van der Waals surface area contributed by atoms with Crippen molar-refractivity contribution < 1.29 is 4.79 Å². The van der Waals surface area contributed by atoms with E-state index in [-0.39, 0.29) is 17.5 Å². The molecule has 1 aliphatic rings. The Bertz CT molecular complexity index is 1010. The van der Waals surface area contributed by atoms with E-state index in [1.54, 1.807) is 28.3 Å². The summed E-state index contributed by atoms with van der Waals surface area (Å²) in [4.78, 5) is 33.1. The van der Waals surface area contributed by atoms with Crippen molar-refractivity contribution >= 4 is 28.1 Å². The van der Waals surface area contributed by atoms with E-state index in [1.165, 1.54) is 10.4 Å². The lowest BCUT2D eigenvalue weighted by molar-refractivity contribution is -0.134. The Kier molecular flexibility index (Phi) is 4.59. The van der Waals surface area contributed by atoms with Crippen LogP contribution in [0.3, 0.4) is 0 Å². The first kappa shape index (κ1) is 17.0. The van der Waals surface area contributed by atoms with E-state index in [2.05, 4.69) is 23.4 Å². The molecule has 1 atom stereocenters. The molecular formula is C20H21N3O2S. The number of carbonyl (C=O) groups excluding carboxylic acids is 1. The maximum absolute atomic E-state index is 12.8. The van der Waals surface area contributed by atoms with Gasteiger partial charge in [-0.05, 0) is 42.0 Å². The van der Waals surface area contributed by atoms with Crippen LogP contribution in [0.25, 0.3) is 10.9 Å². The molecule has 6 heteroatoms. The number of benzene rings is 1. The summed E-state index contributed by atoms with van der Waals surface area (Å²) in [5, 5.41) is 2.71. The number of thiophene rings is 1. The van der Waals surface area contributed by atoms with Gasteiger partial charge >= 0.3 is 0 Å². The first-order valence-corrected chi connectivity index (χ1v) is 9.87. The number of fused-ring (bicyclic) bond motifs is 2. The second kappa shape index (κ2) is 7.03. The fraction of sp³-hybridized carbons (Fsp3) is 0.350. The number of amides is 1. The average molecular weight is 367 g/mol. The fourth-order valence-corrected chi connectivity index (χ4v) is 4.69. The molecule has 0 bridgehead atoms. The number of nitrogens with zero attached hydrogens (tertiary/aromatic N) is 3. The van der Waals surface area contributed by atoms with Gasteiger partial charge in [-0.2, -0.15) is 0 Å². The zero-order valence-electron chi connectivity index (χ0n) is 14.7. The average Bonchev–Trinajstić information content (AvgIpc) is 3.15. The zero-order chi connectivity index (χ0) is 18.1. The molecule has 0 saturated heterocycles. The minimum Gasteiger partial charge on any atom is -0.335 e. The van der Waals surface area contributed by atoms with Crippen molar-refractivity contribution in [3.05, 3.63) is 62.8 Å². The molecule has 26 heavy (non-hydrogen) atoms. The van der Waals surface area contributed by atoms with Gasteiger partial charge in [0, 0.05) is 24.4 Å². The van der Waals surface area contributed by atoms with E-state index >= 15 is 0 Å². The molecule has 0 unspecified atom stereocenters. The third-order valence-electron chi connectivity index (χ3n) is 5.10. The summed E-state index contributed by atoms with van der Waals surface area (Å²) in [5.41, 5.74) is 1.89. The van der Waals surface area contributed by atoms with Crippen molar-refractivity contribution in [2.24, 2.45) is 0 Å². The van der Waals surface area contributed by atoms with Crippen LogP contribution in [0.15, 0.2) is 46.8 Å². The second-order valence-electron chi connectivity index (χ2n) is 6.57. The summed E-state index contributed by atoms with van der Waals surface area (Å²) in [5.74, 6) is 0.105. The van der Waals surface area contributed by atoms with Crippen molar-refractivity contribution in [1.29, 1.82) is 0 Å². The smallest absolute Gasteiger partial charge is 0.261 e. The van der Waals surface area contributed by atoms with Crippen LogP contribution >= 0.6 is 11.3 Å². The Balaban J connectivity index is 1.51. The number of aryl methyl sites for hydroxylation is 1. The van der Waals surface area contributed by atoms with Crippen molar-refractivity contribution in [3.63, 3.8) is 0 Å². The molecule has 0 aliphatic carbocycles. The highest BCUT2D eigenvalue weighted by Crippen LogP contribution is 2.35. The number of carbonyl (C=O) groups is 1. The highest BCUT2D eigenvalue weighted by molar-refractivity contribution is 7.10. The number of aromatic nitrogens is 2. The van der Waals surface area contributed by atoms with Crippen LogP contribution < -0.4 is 5.56 Å². The molecular weight excluding hydrogens is 346 g/mol. The highest BCUT2D eigenvalue weighted by atomic mass is 32.1. The largest absolute Gasteiger partial charge is 0.335 e. The lowest BCUT2D eigenvalue weighted by atomic mass is 9.97. The monoisotopic (exact) mass is 367 g/mol. The van der Waals surface area contributed by atoms with Crippen LogP contribution in [0.5, 0.6) is 0 Å². The molecule has 3 aromatic rings. The summed E-state index contributed by atoms with van der Waals surface area (Å²) in [6.07, 6.45) is 3.69. The normalized spacial score (nSPS) is 16.7. The summed E-state index contributed by atoms with van der Waals surface area (Å²) in [7, 11) is 0. The van der Waals surface area contributed by atoms with Crippen LogP contribution in [0, 0.1) is 0 Å². The van der Waals surface area contributed by atoms with Crippen molar-refractivity contribution in [2.45, 2.75) is 38.8 Å². The van der Waals surface area contributed by atoms with Crippen LogP contribution in [-0.4, -0.2) is 26.9 Å². The van der Waals surface area contributed by atoms with Crippen LogP contribution in [0.2, 0.25) is 0 Å².